The van der Waals surface area contributed by atoms with Crippen LogP contribution in [0.1, 0.15) is 24.8 Å². The first-order valence-corrected chi connectivity index (χ1v) is 9.50. The molecule has 1 N–H and O–H groups in total. The Morgan fingerprint density at radius 2 is 2.12 bits per heavy atom. The maximum Gasteiger partial charge on any atom is 0.230 e. The third-order valence-electron chi connectivity index (χ3n) is 5.55. The van der Waals surface area contributed by atoms with Crippen molar-refractivity contribution >= 4 is 5.91 Å². The summed E-state index contributed by atoms with van der Waals surface area (Å²) in [4.78, 5) is 17.6. The Labute approximate surface area is 155 Å². The molecule has 0 saturated carbocycles. The average Bonchev–Trinajstić information content (AvgIpc) is 3.07. The minimum atomic E-state index is -0.228. The number of amides is 1. The molecule has 0 bridgehead atoms. The lowest BCUT2D eigenvalue weighted by Crippen LogP contribution is -2.49. The Morgan fingerprint density at radius 3 is 2.92 bits per heavy atom. The number of benzene rings is 1. The molecule has 2 heterocycles. The number of carbonyl (C=O) groups excluding carboxylic acids is 1. The molecule has 3 rings (SSSR count). The van der Waals surface area contributed by atoms with Crippen molar-refractivity contribution in [2.45, 2.75) is 25.8 Å². The van der Waals surface area contributed by atoms with Gasteiger partial charge in [-0.1, -0.05) is 12.1 Å². The predicted molar refractivity (Wildman–Crippen MR) is 99.0 cm³/mol. The summed E-state index contributed by atoms with van der Waals surface area (Å²) in [5.41, 5.74) is 0.885. The van der Waals surface area contributed by atoms with Gasteiger partial charge in [-0.3, -0.25) is 9.69 Å². The molecule has 1 spiro atoms. The van der Waals surface area contributed by atoms with Gasteiger partial charge in [-0.05, 0) is 43.5 Å². The van der Waals surface area contributed by atoms with E-state index in [0.717, 1.165) is 56.8 Å². The van der Waals surface area contributed by atoms with Crippen molar-refractivity contribution < 1.29 is 19.4 Å². The van der Waals surface area contributed by atoms with Gasteiger partial charge in [0.25, 0.3) is 0 Å². The number of nitrogens with zero attached hydrogens (tertiary/aromatic N) is 2. The quantitative estimate of drug-likeness (QED) is 0.711. The van der Waals surface area contributed by atoms with Crippen LogP contribution in [-0.2, 0) is 16.1 Å². The zero-order valence-electron chi connectivity index (χ0n) is 15.7. The Bertz CT molecular complexity index is 609. The molecule has 2 saturated heterocycles. The summed E-state index contributed by atoms with van der Waals surface area (Å²) in [5.74, 6) is 1.13. The fraction of sp³-hybridized carbons (Fsp3) is 0.650. The van der Waals surface area contributed by atoms with Gasteiger partial charge in [0.15, 0.2) is 0 Å². The molecule has 0 aliphatic carbocycles. The summed E-state index contributed by atoms with van der Waals surface area (Å²) in [7, 11) is 1.66. The molecule has 1 aromatic carbocycles. The number of hydrogen-bond donors (Lipinski definition) is 1. The number of methoxy groups -OCH3 is 1. The van der Waals surface area contributed by atoms with E-state index < -0.39 is 0 Å². The van der Waals surface area contributed by atoms with E-state index in [1.54, 1.807) is 7.11 Å². The molecule has 1 atom stereocenters. The van der Waals surface area contributed by atoms with Crippen LogP contribution >= 0.6 is 0 Å². The van der Waals surface area contributed by atoms with Gasteiger partial charge in [0.1, 0.15) is 5.75 Å². The second-order valence-corrected chi connectivity index (χ2v) is 7.32. The molecule has 2 aliphatic rings. The zero-order valence-corrected chi connectivity index (χ0v) is 15.7. The SMILES string of the molecule is COc1cccc(CN2CCCC3(CCN(CCOCCO)C3)C2=O)c1. The van der Waals surface area contributed by atoms with Crippen LogP contribution in [0, 0.1) is 5.41 Å². The molecule has 1 aromatic rings. The van der Waals surface area contributed by atoms with Crippen molar-refractivity contribution in [2.24, 2.45) is 5.41 Å². The van der Waals surface area contributed by atoms with Crippen LogP contribution in [0.3, 0.4) is 0 Å². The van der Waals surface area contributed by atoms with Gasteiger partial charge < -0.3 is 19.5 Å². The maximum absolute atomic E-state index is 13.2. The second kappa shape index (κ2) is 8.84. The molecule has 2 aliphatic heterocycles. The number of ether oxygens (including phenoxy) is 2. The van der Waals surface area contributed by atoms with E-state index in [4.69, 9.17) is 14.6 Å². The number of hydrogen-bond acceptors (Lipinski definition) is 5. The van der Waals surface area contributed by atoms with Crippen molar-refractivity contribution in [3.05, 3.63) is 29.8 Å². The smallest absolute Gasteiger partial charge is 0.230 e. The lowest BCUT2D eigenvalue weighted by molar-refractivity contribution is -0.146. The van der Waals surface area contributed by atoms with Crippen molar-refractivity contribution in [3.8, 4) is 5.75 Å². The molecule has 2 fully saturated rings. The van der Waals surface area contributed by atoms with Gasteiger partial charge in [-0.15, -0.1) is 0 Å². The number of piperidine rings is 1. The fourth-order valence-electron chi connectivity index (χ4n) is 4.18. The summed E-state index contributed by atoms with van der Waals surface area (Å²) in [5, 5.41) is 8.78. The predicted octanol–water partition coefficient (Wildman–Crippen LogP) is 1.52. The summed E-state index contributed by atoms with van der Waals surface area (Å²) in [6, 6.07) is 7.96. The van der Waals surface area contributed by atoms with Crippen LogP contribution in [0.25, 0.3) is 0 Å². The van der Waals surface area contributed by atoms with E-state index in [9.17, 15) is 4.79 Å². The first-order valence-electron chi connectivity index (χ1n) is 9.50. The number of aliphatic hydroxyl groups is 1. The number of rotatable bonds is 8. The van der Waals surface area contributed by atoms with E-state index in [0.29, 0.717) is 25.7 Å². The lowest BCUT2D eigenvalue weighted by Gasteiger charge is -2.39. The first-order chi connectivity index (χ1) is 12.7. The molecule has 6 nitrogen and oxygen atoms in total. The highest BCUT2D eigenvalue weighted by Crippen LogP contribution is 2.40. The third kappa shape index (κ3) is 4.37. The maximum atomic E-state index is 13.2. The Hall–Kier alpha value is -1.63. The van der Waals surface area contributed by atoms with E-state index >= 15 is 0 Å². The molecule has 0 radical (unpaired) electrons. The van der Waals surface area contributed by atoms with E-state index in [2.05, 4.69) is 11.0 Å². The molecule has 144 valence electrons. The molecule has 1 amide bonds. The van der Waals surface area contributed by atoms with Crippen molar-refractivity contribution in [1.82, 2.24) is 9.80 Å². The molecule has 1 unspecified atom stereocenters. The van der Waals surface area contributed by atoms with Crippen LogP contribution in [-0.4, -0.2) is 73.9 Å². The fourth-order valence-corrected chi connectivity index (χ4v) is 4.18. The molecule has 26 heavy (non-hydrogen) atoms. The number of likely N-dealkylation sites (tertiary alicyclic amines) is 2. The zero-order chi connectivity index (χ0) is 18.4. The van der Waals surface area contributed by atoms with Gasteiger partial charge in [0.05, 0.1) is 32.3 Å². The van der Waals surface area contributed by atoms with Gasteiger partial charge in [-0.25, -0.2) is 0 Å². The highest BCUT2D eigenvalue weighted by atomic mass is 16.5. The molecule has 0 aromatic heterocycles. The van der Waals surface area contributed by atoms with Crippen molar-refractivity contribution in [3.63, 3.8) is 0 Å². The summed E-state index contributed by atoms with van der Waals surface area (Å²) >= 11 is 0. The van der Waals surface area contributed by atoms with Crippen molar-refractivity contribution in [2.75, 3.05) is 53.1 Å². The second-order valence-electron chi connectivity index (χ2n) is 7.32. The van der Waals surface area contributed by atoms with E-state index in [1.165, 1.54) is 0 Å². The summed E-state index contributed by atoms with van der Waals surface area (Å²) in [6.07, 6.45) is 2.97. The van der Waals surface area contributed by atoms with Gasteiger partial charge in [0.2, 0.25) is 5.91 Å². The largest absolute Gasteiger partial charge is 0.497 e. The summed E-state index contributed by atoms with van der Waals surface area (Å²) < 4.78 is 10.7. The van der Waals surface area contributed by atoms with Gasteiger partial charge in [-0.2, -0.15) is 0 Å². The minimum absolute atomic E-state index is 0.0572. The van der Waals surface area contributed by atoms with Crippen LogP contribution in [0.2, 0.25) is 0 Å². The van der Waals surface area contributed by atoms with Gasteiger partial charge >= 0.3 is 0 Å². The van der Waals surface area contributed by atoms with Crippen LogP contribution in [0.15, 0.2) is 24.3 Å². The summed E-state index contributed by atoms with van der Waals surface area (Å²) in [6.45, 7) is 5.12. The van der Waals surface area contributed by atoms with Crippen LogP contribution in [0.4, 0.5) is 0 Å². The van der Waals surface area contributed by atoms with Crippen LogP contribution < -0.4 is 4.74 Å². The molecular weight excluding hydrogens is 332 g/mol. The third-order valence-corrected chi connectivity index (χ3v) is 5.55. The molecular formula is C20H30N2O4. The van der Waals surface area contributed by atoms with Crippen molar-refractivity contribution in [1.29, 1.82) is 0 Å². The highest BCUT2D eigenvalue weighted by Gasteiger charge is 2.48. The molecule has 6 heteroatoms. The first kappa shape index (κ1) is 19.1. The standard InChI is InChI=1S/C20H30N2O4/c1-25-18-5-2-4-17(14-18)15-22-8-3-6-20(19(22)24)7-9-21(16-20)10-12-26-13-11-23/h2,4-5,14,23H,3,6-13,15-16H2,1H3. The lowest BCUT2D eigenvalue weighted by atomic mass is 9.78. The number of aliphatic hydroxyl groups excluding tert-OH is 1. The van der Waals surface area contributed by atoms with Gasteiger partial charge in [0, 0.05) is 26.2 Å². The Kier molecular flexibility index (Phi) is 6.51. The monoisotopic (exact) mass is 362 g/mol. The minimum Gasteiger partial charge on any atom is -0.497 e. The number of carbonyl (C=O) groups is 1. The van der Waals surface area contributed by atoms with Crippen LogP contribution in [0.5, 0.6) is 5.75 Å². The Balaban J connectivity index is 1.59. The topological polar surface area (TPSA) is 62.2 Å². The van der Waals surface area contributed by atoms with E-state index in [-0.39, 0.29) is 12.0 Å². The van der Waals surface area contributed by atoms with E-state index in [1.807, 2.05) is 23.1 Å². The average molecular weight is 362 g/mol. The Morgan fingerprint density at radius 1 is 1.23 bits per heavy atom. The normalized spacial score (nSPS) is 23.8. The highest BCUT2D eigenvalue weighted by molar-refractivity contribution is 5.84.